The number of rotatable bonds is 7. The minimum atomic E-state index is -0.372. The molecular formula is C22H20BrFN2O2. The molecule has 28 heavy (non-hydrogen) atoms. The van der Waals surface area contributed by atoms with Gasteiger partial charge in [0, 0.05) is 19.7 Å². The molecule has 4 nitrogen and oxygen atoms in total. The number of hydrogen-bond donors (Lipinski definition) is 0. The molecule has 0 spiro atoms. The Bertz CT molecular complexity index is 961. The van der Waals surface area contributed by atoms with E-state index in [1.165, 1.54) is 17.0 Å². The van der Waals surface area contributed by atoms with Crippen molar-refractivity contribution in [1.82, 2.24) is 4.90 Å². The summed E-state index contributed by atoms with van der Waals surface area (Å²) in [7, 11) is 3.18. The smallest absolute Gasteiger partial charge is 0.264 e. The number of halogens is 2. The monoisotopic (exact) mass is 442 g/mol. The Labute approximate surface area is 172 Å². The van der Waals surface area contributed by atoms with Gasteiger partial charge in [-0.2, -0.15) is 5.26 Å². The van der Waals surface area contributed by atoms with Crippen LogP contribution in [0, 0.1) is 17.1 Å². The van der Waals surface area contributed by atoms with Crippen molar-refractivity contribution >= 4 is 27.9 Å². The predicted molar refractivity (Wildman–Crippen MR) is 111 cm³/mol. The summed E-state index contributed by atoms with van der Waals surface area (Å²) in [5.41, 5.74) is 1.96. The van der Waals surface area contributed by atoms with Crippen LogP contribution in [0.15, 0.2) is 59.1 Å². The van der Waals surface area contributed by atoms with Gasteiger partial charge in [-0.1, -0.05) is 24.3 Å². The van der Waals surface area contributed by atoms with Crippen LogP contribution in [-0.2, 0) is 17.8 Å². The number of ether oxygens (including phenoxy) is 1. The second-order valence-corrected chi connectivity index (χ2v) is 7.09. The maximum Gasteiger partial charge on any atom is 0.264 e. The zero-order valence-electron chi connectivity index (χ0n) is 15.7. The van der Waals surface area contributed by atoms with Crippen molar-refractivity contribution in [2.75, 3.05) is 14.1 Å². The molecule has 2 aromatic rings. The molecule has 0 heterocycles. The highest BCUT2D eigenvalue weighted by Gasteiger charge is 2.14. The van der Waals surface area contributed by atoms with Crippen LogP contribution < -0.4 is 4.74 Å². The van der Waals surface area contributed by atoms with Crippen LogP contribution in [0.4, 0.5) is 4.39 Å². The molecule has 0 unspecified atom stereocenters. The van der Waals surface area contributed by atoms with E-state index in [1.807, 2.05) is 12.1 Å². The van der Waals surface area contributed by atoms with E-state index in [2.05, 4.69) is 22.5 Å². The van der Waals surface area contributed by atoms with E-state index in [9.17, 15) is 14.4 Å². The summed E-state index contributed by atoms with van der Waals surface area (Å²) in [6, 6.07) is 11.9. The number of nitrogens with zero attached hydrogens (tertiary/aromatic N) is 2. The number of nitriles is 1. The molecule has 6 heteroatoms. The van der Waals surface area contributed by atoms with Gasteiger partial charge in [0.15, 0.2) is 0 Å². The first-order chi connectivity index (χ1) is 13.4. The maximum atomic E-state index is 13.8. The van der Waals surface area contributed by atoms with Gasteiger partial charge in [0.05, 0.1) is 4.47 Å². The summed E-state index contributed by atoms with van der Waals surface area (Å²) in [6.07, 6.45) is 3.76. The lowest BCUT2D eigenvalue weighted by Crippen LogP contribution is -2.22. The van der Waals surface area contributed by atoms with Crippen molar-refractivity contribution in [3.63, 3.8) is 0 Å². The lowest BCUT2D eigenvalue weighted by Gasteiger charge is -2.15. The third-order valence-corrected chi connectivity index (χ3v) is 4.49. The molecule has 2 aromatic carbocycles. The van der Waals surface area contributed by atoms with Gasteiger partial charge >= 0.3 is 0 Å². The van der Waals surface area contributed by atoms with Crippen molar-refractivity contribution in [3.05, 3.63) is 81.6 Å². The van der Waals surface area contributed by atoms with Crippen molar-refractivity contribution in [1.29, 1.82) is 5.26 Å². The fourth-order valence-corrected chi connectivity index (χ4v) is 3.17. The lowest BCUT2D eigenvalue weighted by molar-refractivity contribution is -0.124. The third-order valence-electron chi connectivity index (χ3n) is 3.90. The van der Waals surface area contributed by atoms with E-state index >= 15 is 0 Å². The number of hydrogen-bond acceptors (Lipinski definition) is 3. The SMILES string of the molecule is C=CCc1cc(/C=C(/C#N)C(=O)N(C)C)cc(Br)c1OCc1ccccc1F. The molecule has 0 aromatic heterocycles. The molecule has 0 aliphatic heterocycles. The van der Waals surface area contributed by atoms with Crippen LogP contribution in [0.5, 0.6) is 5.75 Å². The molecule has 0 fully saturated rings. The fraction of sp³-hybridized carbons (Fsp3) is 0.182. The summed E-state index contributed by atoms with van der Waals surface area (Å²) in [5, 5.41) is 9.29. The van der Waals surface area contributed by atoms with Gasteiger partial charge in [-0.25, -0.2) is 4.39 Å². The Morgan fingerprint density at radius 3 is 2.64 bits per heavy atom. The molecule has 0 atom stereocenters. The minimum absolute atomic E-state index is 0.0291. The zero-order chi connectivity index (χ0) is 20.7. The van der Waals surface area contributed by atoms with Gasteiger partial charge in [0.2, 0.25) is 0 Å². The Morgan fingerprint density at radius 1 is 1.32 bits per heavy atom. The van der Waals surface area contributed by atoms with Crippen LogP contribution in [-0.4, -0.2) is 24.9 Å². The molecule has 0 aliphatic carbocycles. The van der Waals surface area contributed by atoms with E-state index in [4.69, 9.17) is 4.74 Å². The number of benzene rings is 2. The topological polar surface area (TPSA) is 53.3 Å². The highest BCUT2D eigenvalue weighted by atomic mass is 79.9. The molecular weight excluding hydrogens is 423 g/mol. The van der Waals surface area contributed by atoms with Gasteiger partial charge in [-0.15, -0.1) is 6.58 Å². The fourth-order valence-electron chi connectivity index (χ4n) is 2.54. The first-order valence-corrected chi connectivity index (χ1v) is 9.29. The first kappa shape index (κ1) is 21.4. The second-order valence-electron chi connectivity index (χ2n) is 6.23. The summed E-state index contributed by atoms with van der Waals surface area (Å²) >= 11 is 3.48. The van der Waals surface area contributed by atoms with Gasteiger partial charge in [-0.3, -0.25) is 4.79 Å². The quantitative estimate of drug-likeness (QED) is 0.348. The maximum absolute atomic E-state index is 13.8. The van der Waals surface area contributed by atoms with E-state index < -0.39 is 0 Å². The van der Waals surface area contributed by atoms with Crippen molar-refractivity contribution in [2.24, 2.45) is 0 Å². The summed E-state index contributed by atoms with van der Waals surface area (Å²) in [6.45, 7) is 3.83. The van der Waals surface area contributed by atoms with Gasteiger partial charge in [0.25, 0.3) is 5.91 Å². The molecule has 144 valence electrons. The molecule has 0 saturated carbocycles. The Balaban J connectivity index is 2.38. The Hall–Kier alpha value is -2.91. The number of likely N-dealkylation sites (N-methyl/N-ethyl adjacent to an activating group) is 1. The summed E-state index contributed by atoms with van der Waals surface area (Å²) in [5.74, 6) is -0.133. The summed E-state index contributed by atoms with van der Waals surface area (Å²) in [4.78, 5) is 13.4. The molecule has 0 N–H and O–H groups in total. The highest BCUT2D eigenvalue weighted by Crippen LogP contribution is 2.33. The van der Waals surface area contributed by atoms with Gasteiger partial charge in [0.1, 0.15) is 29.8 Å². The van der Waals surface area contributed by atoms with Crippen LogP contribution in [0.25, 0.3) is 6.08 Å². The molecule has 2 rings (SSSR count). The van der Waals surface area contributed by atoms with E-state index in [0.717, 1.165) is 5.56 Å². The van der Waals surface area contributed by atoms with E-state index in [0.29, 0.717) is 27.8 Å². The number of amides is 1. The summed E-state index contributed by atoms with van der Waals surface area (Å²) < 4.78 is 20.4. The van der Waals surface area contributed by atoms with E-state index in [1.54, 1.807) is 44.4 Å². The van der Waals surface area contributed by atoms with Gasteiger partial charge < -0.3 is 9.64 Å². The van der Waals surface area contributed by atoms with E-state index in [-0.39, 0.29) is 23.9 Å². The van der Waals surface area contributed by atoms with Crippen LogP contribution >= 0.6 is 15.9 Å². The Kier molecular flexibility index (Phi) is 7.53. The standard InChI is InChI=1S/C22H20BrFN2O2/c1-4-7-16-10-15(11-18(13-25)22(27)26(2)3)12-19(23)21(16)28-14-17-8-5-6-9-20(17)24/h4-6,8-12H,1,7,14H2,2-3H3/b18-11-. The number of allylic oxidation sites excluding steroid dienone is 1. The number of carbonyl (C=O) groups excluding carboxylic acids is 1. The largest absolute Gasteiger partial charge is 0.487 e. The molecule has 1 amide bonds. The third kappa shape index (κ3) is 5.30. The normalized spacial score (nSPS) is 10.9. The predicted octanol–water partition coefficient (Wildman–Crippen LogP) is 4.89. The second kappa shape index (κ2) is 9.86. The molecule has 0 radical (unpaired) electrons. The average molecular weight is 443 g/mol. The van der Waals surface area contributed by atoms with Crippen LogP contribution in [0.1, 0.15) is 16.7 Å². The zero-order valence-corrected chi connectivity index (χ0v) is 17.3. The highest BCUT2D eigenvalue weighted by molar-refractivity contribution is 9.10. The van der Waals surface area contributed by atoms with Crippen molar-refractivity contribution < 1.29 is 13.9 Å². The van der Waals surface area contributed by atoms with Crippen molar-refractivity contribution in [3.8, 4) is 11.8 Å². The Morgan fingerprint density at radius 2 is 2.04 bits per heavy atom. The molecule has 0 aliphatic rings. The van der Waals surface area contributed by atoms with Crippen LogP contribution in [0.3, 0.4) is 0 Å². The van der Waals surface area contributed by atoms with Crippen molar-refractivity contribution in [2.45, 2.75) is 13.0 Å². The molecule has 0 saturated heterocycles. The van der Waals surface area contributed by atoms with Crippen LogP contribution in [0.2, 0.25) is 0 Å². The average Bonchev–Trinajstić information content (AvgIpc) is 2.66. The lowest BCUT2D eigenvalue weighted by atomic mass is 10.0. The first-order valence-electron chi connectivity index (χ1n) is 8.50. The van der Waals surface area contributed by atoms with Gasteiger partial charge in [-0.05, 0) is 57.8 Å². The number of carbonyl (C=O) groups is 1. The molecule has 0 bridgehead atoms. The minimum Gasteiger partial charge on any atom is -0.487 e.